The molecule has 0 radical (unpaired) electrons. The second kappa shape index (κ2) is 8.90. The molecule has 0 aliphatic rings. The summed E-state index contributed by atoms with van der Waals surface area (Å²) < 4.78 is 11.8. The number of aliphatic imine (C=N–C) groups is 1. The summed E-state index contributed by atoms with van der Waals surface area (Å²) in [5.41, 5.74) is 3.45. The monoisotopic (exact) mass is 472 g/mol. The maximum Gasteiger partial charge on any atom is 0.238 e. The van der Waals surface area contributed by atoms with Gasteiger partial charge in [-0.3, -0.25) is 0 Å². The highest BCUT2D eigenvalue weighted by Crippen LogP contribution is 2.42. The molecule has 152 valence electrons. The summed E-state index contributed by atoms with van der Waals surface area (Å²) in [5, 5.41) is 19.9. The quantitative estimate of drug-likeness (QED) is 0.327. The fraction of sp³-hybridized carbons (Fsp3) is 0.0400. The van der Waals surface area contributed by atoms with Gasteiger partial charge in [-0.15, -0.1) is 0 Å². The first-order valence-electron chi connectivity index (χ1n) is 9.40. The normalized spacial score (nSPS) is 10.9. The first-order chi connectivity index (χ1) is 15.1. The lowest BCUT2D eigenvalue weighted by atomic mass is 9.98. The van der Waals surface area contributed by atoms with Gasteiger partial charge in [-0.1, -0.05) is 60.7 Å². The van der Waals surface area contributed by atoms with E-state index >= 15 is 0 Å². The molecule has 6 heteroatoms. The number of nitriles is 1. The van der Waals surface area contributed by atoms with Crippen molar-refractivity contribution in [3.63, 3.8) is 0 Å². The van der Waals surface area contributed by atoms with Crippen LogP contribution in [0.3, 0.4) is 0 Å². The van der Waals surface area contributed by atoms with Crippen molar-refractivity contribution in [3.8, 4) is 40.0 Å². The number of furan rings is 1. The van der Waals surface area contributed by atoms with Gasteiger partial charge in [-0.2, -0.15) is 5.26 Å². The van der Waals surface area contributed by atoms with Crippen LogP contribution >= 0.6 is 15.9 Å². The van der Waals surface area contributed by atoms with E-state index in [1.807, 2.05) is 60.7 Å². The van der Waals surface area contributed by atoms with Crippen LogP contribution in [0.15, 0.2) is 86.7 Å². The van der Waals surface area contributed by atoms with Crippen LogP contribution in [0.2, 0.25) is 0 Å². The Hall–Kier alpha value is -3.82. The van der Waals surface area contributed by atoms with Crippen molar-refractivity contribution in [2.45, 2.75) is 0 Å². The van der Waals surface area contributed by atoms with Crippen molar-refractivity contribution in [2.75, 3.05) is 7.11 Å². The van der Waals surface area contributed by atoms with Gasteiger partial charge in [0, 0.05) is 17.3 Å². The molecule has 3 aromatic carbocycles. The third-order valence-corrected chi connectivity index (χ3v) is 5.31. The second-order valence-corrected chi connectivity index (χ2v) is 7.50. The highest BCUT2D eigenvalue weighted by Gasteiger charge is 2.22. The summed E-state index contributed by atoms with van der Waals surface area (Å²) in [4.78, 5) is 4.45. The maximum absolute atomic E-state index is 10.0. The summed E-state index contributed by atoms with van der Waals surface area (Å²) in [7, 11) is 1.47. The zero-order chi connectivity index (χ0) is 21.8. The SMILES string of the molecule is COc1cc(/C=N/c2oc(-c3ccccc3)c(-c3ccccc3)c2C#N)cc(Br)c1O. The third kappa shape index (κ3) is 4.09. The van der Waals surface area contributed by atoms with Crippen molar-refractivity contribution < 1.29 is 14.3 Å². The Balaban J connectivity index is 1.86. The molecular weight excluding hydrogens is 456 g/mol. The van der Waals surface area contributed by atoms with Crippen LogP contribution in [-0.2, 0) is 0 Å². The molecule has 0 amide bonds. The smallest absolute Gasteiger partial charge is 0.238 e. The number of rotatable bonds is 5. The van der Waals surface area contributed by atoms with Crippen LogP contribution < -0.4 is 4.74 Å². The van der Waals surface area contributed by atoms with Crippen molar-refractivity contribution >= 4 is 28.0 Å². The molecule has 4 aromatic rings. The zero-order valence-electron chi connectivity index (χ0n) is 16.5. The molecule has 1 N–H and O–H groups in total. The fourth-order valence-electron chi connectivity index (χ4n) is 3.24. The minimum absolute atomic E-state index is 0.00749. The molecule has 31 heavy (non-hydrogen) atoms. The second-order valence-electron chi connectivity index (χ2n) is 6.64. The number of ether oxygens (including phenoxy) is 1. The van der Waals surface area contributed by atoms with Crippen LogP contribution in [0.25, 0.3) is 22.5 Å². The molecule has 0 spiro atoms. The molecule has 0 aliphatic carbocycles. The lowest BCUT2D eigenvalue weighted by Gasteiger charge is -2.06. The molecule has 1 heterocycles. The average Bonchev–Trinajstić information content (AvgIpc) is 3.19. The standard InChI is InChI=1S/C25H17BrN2O3/c1-30-21-13-16(12-20(26)23(21)29)15-28-25-19(14-27)22(17-8-4-2-5-9-17)24(31-25)18-10-6-3-7-11-18/h2-13,15,29H,1H3/b28-15+. The van der Waals surface area contributed by atoms with Crippen molar-refractivity contribution in [1.82, 2.24) is 0 Å². The first-order valence-corrected chi connectivity index (χ1v) is 10.2. The molecule has 0 aliphatic heterocycles. The number of methoxy groups -OCH3 is 1. The van der Waals surface area contributed by atoms with E-state index in [4.69, 9.17) is 9.15 Å². The van der Waals surface area contributed by atoms with Crippen molar-refractivity contribution in [2.24, 2.45) is 4.99 Å². The average molecular weight is 473 g/mol. The molecular formula is C25H17BrN2O3. The Kier molecular flexibility index (Phi) is 5.87. The van der Waals surface area contributed by atoms with E-state index in [9.17, 15) is 10.4 Å². The highest BCUT2D eigenvalue weighted by molar-refractivity contribution is 9.10. The molecule has 0 bridgehead atoms. The molecule has 0 saturated heterocycles. The number of halogens is 1. The molecule has 0 unspecified atom stereocenters. The van der Waals surface area contributed by atoms with Gasteiger partial charge in [0.2, 0.25) is 5.88 Å². The Labute approximate surface area is 188 Å². The van der Waals surface area contributed by atoms with Gasteiger partial charge in [-0.25, -0.2) is 4.99 Å². The summed E-state index contributed by atoms with van der Waals surface area (Å²) in [6, 6.07) is 24.9. The zero-order valence-corrected chi connectivity index (χ0v) is 18.1. The Morgan fingerprint density at radius 3 is 2.29 bits per heavy atom. The van der Waals surface area contributed by atoms with E-state index in [-0.39, 0.29) is 11.6 Å². The first kappa shape index (κ1) is 20.5. The maximum atomic E-state index is 10.0. The Morgan fingerprint density at radius 1 is 1.03 bits per heavy atom. The van der Waals surface area contributed by atoms with Crippen molar-refractivity contribution in [3.05, 3.63) is 88.4 Å². The largest absolute Gasteiger partial charge is 0.503 e. The van der Waals surface area contributed by atoms with E-state index in [1.54, 1.807) is 18.3 Å². The van der Waals surface area contributed by atoms with Crippen LogP contribution in [0, 0.1) is 11.3 Å². The van der Waals surface area contributed by atoms with Crippen LogP contribution in [0.4, 0.5) is 5.88 Å². The molecule has 0 fully saturated rings. The number of phenols is 1. The predicted molar refractivity (Wildman–Crippen MR) is 124 cm³/mol. The lowest BCUT2D eigenvalue weighted by Crippen LogP contribution is -1.88. The van der Waals surface area contributed by atoms with E-state index in [0.717, 1.165) is 11.1 Å². The van der Waals surface area contributed by atoms with Gasteiger partial charge in [0.15, 0.2) is 11.5 Å². The molecule has 4 rings (SSSR count). The Bertz CT molecular complexity index is 1290. The summed E-state index contributed by atoms with van der Waals surface area (Å²) in [5.74, 6) is 1.11. The fourth-order valence-corrected chi connectivity index (χ4v) is 3.70. The topological polar surface area (TPSA) is 78.8 Å². The van der Waals surface area contributed by atoms with E-state index < -0.39 is 0 Å². The molecule has 0 atom stereocenters. The lowest BCUT2D eigenvalue weighted by molar-refractivity contribution is 0.372. The van der Waals surface area contributed by atoms with Gasteiger partial charge in [0.1, 0.15) is 17.4 Å². The van der Waals surface area contributed by atoms with Crippen molar-refractivity contribution in [1.29, 1.82) is 5.26 Å². The number of hydrogen-bond acceptors (Lipinski definition) is 5. The molecule has 0 saturated carbocycles. The number of benzene rings is 3. The minimum atomic E-state index is 0.00749. The van der Waals surface area contributed by atoms with Crippen LogP contribution in [-0.4, -0.2) is 18.4 Å². The predicted octanol–water partition coefficient (Wildman–Crippen LogP) is 6.71. The van der Waals surface area contributed by atoms with E-state index in [1.165, 1.54) is 7.11 Å². The third-order valence-electron chi connectivity index (χ3n) is 4.70. The highest BCUT2D eigenvalue weighted by atomic mass is 79.9. The summed E-state index contributed by atoms with van der Waals surface area (Å²) >= 11 is 3.30. The molecule has 5 nitrogen and oxygen atoms in total. The summed E-state index contributed by atoms with van der Waals surface area (Å²) in [6.45, 7) is 0. The van der Waals surface area contributed by atoms with Crippen LogP contribution in [0.5, 0.6) is 11.5 Å². The van der Waals surface area contributed by atoms with Gasteiger partial charge >= 0.3 is 0 Å². The number of phenolic OH excluding ortho intramolecular Hbond substituents is 1. The number of hydrogen-bond donors (Lipinski definition) is 1. The Morgan fingerprint density at radius 2 is 1.68 bits per heavy atom. The van der Waals surface area contributed by atoms with Gasteiger partial charge in [0.25, 0.3) is 0 Å². The van der Waals surface area contributed by atoms with E-state index in [2.05, 4.69) is 27.0 Å². The van der Waals surface area contributed by atoms with Crippen LogP contribution in [0.1, 0.15) is 11.1 Å². The number of aromatic hydroxyl groups is 1. The molecule has 1 aromatic heterocycles. The van der Waals surface area contributed by atoms with E-state index in [0.29, 0.717) is 32.7 Å². The van der Waals surface area contributed by atoms with Gasteiger partial charge in [0.05, 0.1) is 11.6 Å². The minimum Gasteiger partial charge on any atom is -0.503 e. The number of nitrogens with zero attached hydrogens (tertiary/aromatic N) is 2. The summed E-state index contributed by atoms with van der Waals surface area (Å²) in [6.07, 6.45) is 1.57. The van der Waals surface area contributed by atoms with Gasteiger partial charge in [-0.05, 0) is 39.2 Å². The van der Waals surface area contributed by atoms with Gasteiger partial charge < -0.3 is 14.3 Å².